The minimum absolute atomic E-state index is 0.121. The van der Waals surface area contributed by atoms with Crippen molar-refractivity contribution < 1.29 is 4.39 Å². The Hall–Kier alpha value is -0.890. The number of hydrogen-bond donors (Lipinski definition) is 1. The summed E-state index contributed by atoms with van der Waals surface area (Å²) in [4.78, 5) is 0. The van der Waals surface area contributed by atoms with E-state index in [0.29, 0.717) is 12.0 Å². The Balaban J connectivity index is 2.73. The second-order valence-corrected chi connectivity index (χ2v) is 5.82. The number of aryl methyl sites for hydroxylation is 1. The Morgan fingerprint density at radius 2 is 1.83 bits per heavy atom. The largest absolute Gasteiger partial charge is 0.313 e. The normalized spacial score (nSPS) is 14.8. The summed E-state index contributed by atoms with van der Waals surface area (Å²) in [5.74, 6) is 1.28. The SMILES string of the molecule is CNC(CC(C)CC(C)C)c1ccc(F)c(C)c1. The maximum Gasteiger partial charge on any atom is 0.126 e. The van der Waals surface area contributed by atoms with Crippen molar-refractivity contribution in [2.75, 3.05) is 7.05 Å². The first kappa shape index (κ1) is 15.2. The average Bonchev–Trinajstić information content (AvgIpc) is 2.29. The third kappa shape index (κ3) is 4.41. The van der Waals surface area contributed by atoms with Crippen LogP contribution in [0, 0.1) is 24.6 Å². The summed E-state index contributed by atoms with van der Waals surface area (Å²) in [5, 5.41) is 3.35. The van der Waals surface area contributed by atoms with Crippen LogP contribution >= 0.6 is 0 Å². The molecule has 0 aliphatic heterocycles. The van der Waals surface area contributed by atoms with Gasteiger partial charge in [0.15, 0.2) is 0 Å². The lowest BCUT2D eigenvalue weighted by Gasteiger charge is -2.22. The number of benzene rings is 1. The van der Waals surface area contributed by atoms with E-state index >= 15 is 0 Å². The number of halogens is 1. The van der Waals surface area contributed by atoms with Gasteiger partial charge in [0.25, 0.3) is 0 Å². The van der Waals surface area contributed by atoms with Gasteiger partial charge in [-0.25, -0.2) is 4.39 Å². The van der Waals surface area contributed by atoms with Crippen molar-refractivity contribution in [2.45, 2.75) is 46.6 Å². The van der Waals surface area contributed by atoms with E-state index in [1.54, 1.807) is 6.07 Å². The van der Waals surface area contributed by atoms with E-state index in [0.717, 1.165) is 17.9 Å². The minimum Gasteiger partial charge on any atom is -0.313 e. The molecule has 2 heteroatoms. The van der Waals surface area contributed by atoms with Crippen LogP contribution in [-0.4, -0.2) is 7.05 Å². The first-order valence-corrected chi connectivity index (χ1v) is 6.87. The molecule has 102 valence electrons. The Bertz CT molecular complexity index is 373. The summed E-state index contributed by atoms with van der Waals surface area (Å²) >= 11 is 0. The van der Waals surface area contributed by atoms with Crippen LogP contribution in [-0.2, 0) is 0 Å². The fourth-order valence-electron chi connectivity index (χ4n) is 2.61. The summed E-state index contributed by atoms with van der Waals surface area (Å²) in [6, 6.07) is 5.74. The molecule has 0 aromatic heterocycles. The first-order chi connectivity index (χ1) is 8.43. The maximum absolute atomic E-state index is 13.3. The second kappa shape index (κ2) is 6.89. The molecule has 0 saturated heterocycles. The van der Waals surface area contributed by atoms with Gasteiger partial charge in [-0.3, -0.25) is 0 Å². The molecule has 1 nitrogen and oxygen atoms in total. The monoisotopic (exact) mass is 251 g/mol. The Morgan fingerprint density at radius 1 is 1.17 bits per heavy atom. The van der Waals surface area contributed by atoms with Crippen molar-refractivity contribution in [1.29, 1.82) is 0 Å². The molecular formula is C16H26FN. The Labute approximate surface area is 111 Å². The van der Waals surface area contributed by atoms with Crippen LogP contribution < -0.4 is 5.32 Å². The molecule has 0 radical (unpaired) electrons. The van der Waals surface area contributed by atoms with E-state index in [4.69, 9.17) is 0 Å². The van der Waals surface area contributed by atoms with Gasteiger partial charge in [-0.05, 0) is 55.8 Å². The molecular weight excluding hydrogens is 225 g/mol. The van der Waals surface area contributed by atoms with Crippen LogP contribution in [0.1, 0.15) is 50.8 Å². The van der Waals surface area contributed by atoms with Crippen LogP contribution in [0.5, 0.6) is 0 Å². The third-order valence-electron chi connectivity index (χ3n) is 3.44. The predicted molar refractivity (Wildman–Crippen MR) is 76.2 cm³/mol. The summed E-state index contributed by atoms with van der Waals surface area (Å²) in [6.07, 6.45) is 2.33. The highest BCUT2D eigenvalue weighted by Crippen LogP contribution is 2.26. The Morgan fingerprint density at radius 3 is 2.33 bits per heavy atom. The summed E-state index contributed by atoms with van der Waals surface area (Å²) < 4.78 is 13.3. The summed E-state index contributed by atoms with van der Waals surface area (Å²) in [5.41, 5.74) is 1.91. The highest BCUT2D eigenvalue weighted by molar-refractivity contribution is 5.26. The number of hydrogen-bond acceptors (Lipinski definition) is 1. The van der Waals surface area contributed by atoms with Crippen molar-refractivity contribution in [3.8, 4) is 0 Å². The van der Waals surface area contributed by atoms with E-state index < -0.39 is 0 Å². The molecule has 18 heavy (non-hydrogen) atoms. The molecule has 1 rings (SSSR count). The Kier molecular flexibility index (Phi) is 5.80. The van der Waals surface area contributed by atoms with Crippen molar-refractivity contribution in [3.63, 3.8) is 0 Å². The zero-order chi connectivity index (χ0) is 13.7. The molecule has 0 amide bonds. The zero-order valence-electron chi connectivity index (χ0n) is 12.3. The van der Waals surface area contributed by atoms with Crippen LogP contribution in [0.3, 0.4) is 0 Å². The predicted octanol–water partition coefficient (Wildman–Crippen LogP) is 4.47. The van der Waals surface area contributed by atoms with Crippen molar-refractivity contribution in [1.82, 2.24) is 5.32 Å². The summed E-state index contributed by atoms with van der Waals surface area (Å²) in [7, 11) is 1.98. The van der Waals surface area contributed by atoms with Crippen molar-refractivity contribution >= 4 is 0 Å². The molecule has 0 spiro atoms. The van der Waals surface area contributed by atoms with Gasteiger partial charge in [0, 0.05) is 6.04 Å². The number of nitrogens with one attached hydrogen (secondary N) is 1. The van der Waals surface area contributed by atoms with E-state index in [1.807, 2.05) is 26.1 Å². The smallest absolute Gasteiger partial charge is 0.126 e. The standard InChI is InChI=1S/C16H26FN/c1-11(2)8-12(3)9-16(18-5)14-6-7-15(17)13(4)10-14/h6-7,10-12,16,18H,8-9H2,1-5H3. The van der Waals surface area contributed by atoms with Crippen LogP contribution in [0.2, 0.25) is 0 Å². The molecule has 1 aromatic rings. The van der Waals surface area contributed by atoms with Gasteiger partial charge >= 0.3 is 0 Å². The van der Waals surface area contributed by atoms with E-state index in [1.165, 1.54) is 12.0 Å². The van der Waals surface area contributed by atoms with Crippen molar-refractivity contribution in [2.24, 2.45) is 11.8 Å². The van der Waals surface area contributed by atoms with Gasteiger partial charge in [-0.1, -0.05) is 32.9 Å². The van der Waals surface area contributed by atoms with Gasteiger partial charge in [0.1, 0.15) is 5.82 Å². The van der Waals surface area contributed by atoms with Crippen molar-refractivity contribution in [3.05, 3.63) is 35.1 Å². The van der Waals surface area contributed by atoms with E-state index in [-0.39, 0.29) is 5.82 Å². The average molecular weight is 251 g/mol. The molecule has 0 saturated carbocycles. The fraction of sp³-hybridized carbons (Fsp3) is 0.625. The summed E-state index contributed by atoms with van der Waals surface area (Å²) in [6.45, 7) is 8.63. The lowest BCUT2D eigenvalue weighted by Crippen LogP contribution is -2.20. The van der Waals surface area contributed by atoms with Gasteiger partial charge < -0.3 is 5.32 Å². The lowest BCUT2D eigenvalue weighted by molar-refractivity contribution is 0.366. The highest BCUT2D eigenvalue weighted by atomic mass is 19.1. The molecule has 1 N–H and O–H groups in total. The molecule has 0 fully saturated rings. The van der Waals surface area contributed by atoms with Gasteiger partial charge in [-0.2, -0.15) is 0 Å². The maximum atomic E-state index is 13.3. The van der Waals surface area contributed by atoms with Crippen LogP contribution in [0.15, 0.2) is 18.2 Å². The van der Waals surface area contributed by atoms with Gasteiger partial charge in [0.2, 0.25) is 0 Å². The first-order valence-electron chi connectivity index (χ1n) is 6.87. The molecule has 1 aromatic carbocycles. The van der Waals surface area contributed by atoms with Crippen LogP contribution in [0.4, 0.5) is 4.39 Å². The third-order valence-corrected chi connectivity index (χ3v) is 3.44. The van der Waals surface area contributed by atoms with E-state index in [2.05, 4.69) is 26.1 Å². The van der Waals surface area contributed by atoms with Crippen LogP contribution in [0.25, 0.3) is 0 Å². The lowest BCUT2D eigenvalue weighted by atomic mass is 9.89. The minimum atomic E-state index is -0.121. The number of rotatable bonds is 6. The fourth-order valence-corrected chi connectivity index (χ4v) is 2.61. The molecule has 0 aliphatic carbocycles. The highest BCUT2D eigenvalue weighted by Gasteiger charge is 2.15. The topological polar surface area (TPSA) is 12.0 Å². The molecule has 0 aliphatic rings. The van der Waals surface area contributed by atoms with Gasteiger partial charge in [-0.15, -0.1) is 0 Å². The van der Waals surface area contributed by atoms with E-state index in [9.17, 15) is 4.39 Å². The molecule has 2 atom stereocenters. The molecule has 2 unspecified atom stereocenters. The van der Waals surface area contributed by atoms with Gasteiger partial charge in [0.05, 0.1) is 0 Å². The quantitative estimate of drug-likeness (QED) is 0.786. The molecule has 0 bridgehead atoms. The zero-order valence-corrected chi connectivity index (χ0v) is 12.3. The molecule has 0 heterocycles. The second-order valence-electron chi connectivity index (χ2n) is 5.82.